The third-order valence-electron chi connectivity index (χ3n) is 5.20. The first-order chi connectivity index (χ1) is 15.1. The second-order valence-corrected chi connectivity index (χ2v) is 7.08. The van der Waals surface area contributed by atoms with Crippen molar-refractivity contribution < 1.29 is 9.90 Å². The first kappa shape index (κ1) is 18.7. The molecule has 0 aliphatic rings. The van der Waals surface area contributed by atoms with Crippen LogP contribution in [0, 0.1) is 0 Å². The molecule has 156 valence electrons. The fourth-order valence-electron chi connectivity index (χ4n) is 3.84. The van der Waals surface area contributed by atoms with Crippen LogP contribution < -0.4 is 5.69 Å². The van der Waals surface area contributed by atoms with Crippen LogP contribution in [0.15, 0.2) is 59.7 Å². The first-order valence-corrected chi connectivity index (χ1v) is 9.66. The van der Waals surface area contributed by atoms with E-state index in [1.165, 1.54) is 4.57 Å². The van der Waals surface area contributed by atoms with E-state index in [-0.39, 0.29) is 12.2 Å². The fourth-order valence-corrected chi connectivity index (χ4v) is 3.84. The Balaban J connectivity index is 1.60. The van der Waals surface area contributed by atoms with E-state index < -0.39 is 12.5 Å². The number of fused-ring (bicyclic) bond motifs is 2. The van der Waals surface area contributed by atoms with Crippen LogP contribution in [0.5, 0.6) is 0 Å². The molecule has 0 amide bonds. The largest absolute Gasteiger partial charge is 0.480 e. The zero-order valence-corrected chi connectivity index (χ0v) is 16.4. The number of tetrazole rings is 1. The van der Waals surface area contributed by atoms with Crippen molar-refractivity contribution >= 4 is 28.0 Å². The fraction of sp³-hybridized carbons (Fsp3) is 0.200. The van der Waals surface area contributed by atoms with Gasteiger partial charge in [-0.1, -0.05) is 24.3 Å². The Kier molecular flexibility index (Phi) is 4.54. The molecule has 11 nitrogen and oxygen atoms in total. The van der Waals surface area contributed by atoms with Gasteiger partial charge in [-0.15, -0.1) is 5.10 Å². The van der Waals surface area contributed by atoms with Crippen molar-refractivity contribution in [3.05, 3.63) is 71.2 Å². The lowest BCUT2D eigenvalue weighted by Gasteiger charge is -2.10. The highest BCUT2D eigenvalue weighted by Crippen LogP contribution is 2.19. The molecule has 2 aromatic carbocycles. The number of carbonyl (C=O) groups is 1. The number of rotatable bonds is 7. The van der Waals surface area contributed by atoms with E-state index in [1.807, 2.05) is 41.0 Å². The van der Waals surface area contributed by atoms with Gasteiger partial charge >= 0.3 is 11.7 Å². The summed E-state index contributed by atoms with van der Waals surface area (Å²) in [5.41, 5.74) is 2.60. The van der Waals surface area contributed by atoms with Gasteiger partial charge < -0.3 is 9.67 Å². The molecule has 0 aliphatic heterocycles. The van der Waals surface area contributed by atoms with Crippen molar-refractivity contribution in [1.82, 2.24) is 38.9 Å². The summed E-state index contributed by atoms with van der Waals surface area (Å²) >= 11 is 0. The molecule has 5 rings (SSSR count). The van der Waals surface area contributed by atoms with E-state index in [1.54, 1.807) is 27.7 Å². The Morgan fingerprint density at radius 1 is 0.903 bits per heavy atom. The molecule has 0 spiro atoms. The highest BCUT2D eigenvalue weighted by atomic mass is 16.4. The zero-order chi connectivity index (χ0) is 21.4. The average Bonchev–Trinajstić information content (AvgIpc) is 3.46. The minimum atomic E-state index is -1.07. The van der Waals surface area contributed by atoms with Crippen molar-refractivity contribution in [2.24, 2.45) is 0 Å². The molecule has 0 saturated carbocycles. The normalized spacial score (nSPS) is 11.5. The van der Waals surface area contributed by atoms with Gasteiger partial charge in [-0.05, 0) is 34.7 Å². The highest BCUT2D eigenvalue weighted by Gasteiger charge is 2.18. The van der Waals surface area contributed by atoms with Gasteiger partial charge in [-0.25, -0.2) is 14.5 Å². The van der Waals surface area contributed by atoms with Gasteiger partial charge in [0.1, 0.15) is 18.7 Å². The summed E-state index contributed by atoms with van der Waals surface area (Å²) in [5, 5.41) is 20.5. The quantitative estimate of drug-likeness (QED) is 0.417. The molecule has 0 unspecified atom stereocenters. The summed E-state index contributed by atoms with van der Waals surface area (Å²) < 4.78 is 6.50. The summed E-state index contributed by atoms with van der Waals surface area (Å²) in [6, 6.07) is 14.9. The predicted octanol–water partition coefficient (Wildman–Crippen LogP) is 0.972. The molecule has 3 heterocycles. The summed E-state index contributed by atoms with van der Waals surface area (Å²) in [6.45, 7) is 0.901. The lowest BCUT2D eigenvalue weighted by molar-refractivity contribution is -0.137. The van der Waals surface area contributed by atoms with Crippen molar-refractivity contribution in [2.45, 2.75) is 26.2 Å². The molecule has 31 heavy (non-hydrogen) atoms. The van der Waals surface area contributed by atoms with Crippen LogP contribution >= 0.6 is 0 Å². The zero-order valence-electron chi connectivity index (χ0n) is 16.4. The standard InChI is InChI=1S/C20H18N8O3/c29-19(30)12-28-17-8-4-3-7-16(17)27(20(28)31)11-18-22-14-5-1-2-6-15(14)26(18)10-9-25-13-21-23-24-25/h1-8,13H,9-12H2,(H,29,30). The Bertz CT molecular complexity index is 1440. The van der Waals surface area contributed by atoms with Crippen LogP contribution in [0.4, 0.5) is 0 Å². The molecular formula is C20H18N8O3. The summed E-state index contributed by atoms with van der Waals surface area (Å²) in [5.74, 6) is -0.381. The van der Waals surface area contributed by atoms with E-state index in [0.717, 1.165) is 11.0 Å². The summed E-state index contributed by atoms with van der Waals surface area (Å²) in [7, 11) is 0. The van der Waals surface area contributed by atoms with Crippen LogP contribution in [0.3, 0.4) is 0 Å². The monoisotopic (exact) mass is 418 g/mol. The summed E-state index contributed by atoms with van der Waals surface area (Å²) in [4.78, 5) is 29.1. The van der Waals surface area contributed by atoms with Gasteiger partial charge in [0, 0.05) is 6.54 Å². The number of hydrogen-bond acceptors (Lipinski definition) is 6. The van der Waals surface area contributed by atoms with Crippen LogP contribution in [0.1, 0.15) is 5.82 Å². The Labute approximate surface area is 174 Å². The molecule has 1 N–H and O–H groups in total. The number of benzene rings is 2. The van der Waals surface area contributed by atoms with Crippen LogP contribution in [-0.4, -0.2) is 50.0 Å². The molecule has 3 aromatic heterocycles. The highest BCUT2D eigenvalue weighted by molar-refractivity contribution is 5.79. The number of nitrogens with zero attached hydrogens (tertiary/aromatic N) is 8. The lowest BCUT2D eigenvalue weighted by atomic mass is 10.3. The maximum Gasteiger partial charge on any atom is 0.330 e. The van der Waals surface area contributed by atoms with Crippen LogP contribution in [0.25, 0.3) is 22.1 Å². The van der Waals surface area contributed by atoms with E-state index in [9.17, 15) is 14.7 Å². The second kappa shape index (κ2) is 7.52. The van der Waals surface area contributed by atoms with Gasteiger partial charge in [0.2, 0.25) is 0 Å². The Morgan fingerprint density at radius 2 is 1.61 bits per heavy atom. The molecule has 0 fully saturated rings. The smallest absolute Gasteiger partial charge is 0.330 e. The van der Waals surface area contributed by atoms with Gasteiger partial charge in [-0.3, -0.25) is 13.9 Å². The number of aryl methyl sites for hydroxylation is 2. The SMILES string of the molecule is O=C(O)Cn1c(=O)n(Cc2nc3ccccc3n2CCn2cnnn2)c2ccccc21. The molecule has 11 heteroatoms. The number of imidazole rings is 2. The third-order valence-corrected chi connectivity index (χ3v) is 5.20. The third kappa shape index (κ3) is 3.35. The molecule has 0 bridgehead atoms. The van der Waals surface area contributed by atoms with Gasteiger partial charge in [-0.2, -0.15) is 0 Å². The van der Waals surface area contributed by atoms with Crippen molar-refractivity contribution in [2.75, 3.05) is 0 Å². The van der Waals surface area contributed by atoms with E-state index >= 15 is 0 Å². The predicted molar refractivity (Wildman–Crippen MR) is 110 cm³/mol. The Morgan fingerprint density at radius 3 is 2.32 bits per heavy atom. The lowest BCUT2D eigenvalue weighted by Crippen LogP contribution is -2.28. The molecule has 0 aliphatic carbocycles. The van der Waals surface area contributed by atoms with Crippen molar-refractivity contribution in [3.63, 3.8) is 0 Å². The average molecular weight is 418 g/mol. The molecule has 5 aromatic rings. The number of para-hydroxylation sites is 4. The topological polar surface area (TPSA) is 126 Å². The van der Waals surface area contributed by atoms with Gasteiger partial charge in [0.15, 0.2) is 0 Å². The van der Waals surface area contributed by atoms with Crippen molar-refractivity contribution in [3.8, 4) is 0 Å². The molecular weight excluding hydrogens is 400 g/mol. The number of hydrogen-bond donors (Lipinski definition) is 1. The van der Waals surface area contributed by atoms with Crippen LogP contribution in [-0.2, 0) is 31.0 Å². The summed E-state index contributed by atoms with van der Waals surface area (Å²) in [6.07, 6.45) is 1.54. The molecule has 0 radical (unpaired) electrons. The number of carboxylic acid groups (broad SMARTS) is 1. The second-order valence-electron chi connectivity index (χ2n) is 7.08. The molecule has 0 atom stereocenters. The maximum absolute atomic E-state index is 13.1. The van der Waals surface area contributed by atoms with E-state index in [0.29, 0.717) is 29.9 Å². The number of aromatic nitrogens is 8. The minimum absolute atomic E-state index is 0.205. The number of carboxylic acids is 1. The van der Waals surface area contributed by atoms with E-state index in [2.05, 4.69) is 15.5 Å². The molecule has 0 saturated heterocycles. The number of aliphatic carboxylic acids is 1. The van der Waals surface area contributed by atoms with Crippen molar-refractivity contribution in [1.29, 1.82) is 0 Å². The van der Waals surface area contributed by atoms with E-state index in [4.69, 9.17) is 4.98 Å². The maximum atomic E-state index is 13.1. The first-order valence-electron chi connectivity index (χ1n) is 9.66. The minimum Gasteiger partial charge on any atom is -0.480 e. The van der Waals surface area contributed by atoms with Gasteiger partial charge in [0.25, 0.3) is 0 Å². The van der Waals surface area contributed by atoms with Gasteiger partial charge in [0.05, 0.1) is 35.2 Å². The Hall–Kier alpha value is -4.28. The van der Waals surface area contributed by atoms with Crippen LogP contribution in [0.2, 0.25) is 0 Å².